The summed E-state index contributed by atoms with van der Waals surface area (Å²) in [5.41, 5.74) is 2.31. The van der Waals surface area contributed by atoms with Crippen LogP contribution >= 0.6 is 11.6 Å². The number of aryl methyl sites for hydroxylation is 1. The zero-order valence-corrected chi connectivity index (χ0v) is 18.9. The summed E-state index contributed by atoms with van der Waals surface area (Å²) < 4.78 is 11.6. The summed E-state index contributed by atoms with van der Waals surface area (Å²) in [7, 11) is 1.58. The molecular weight excluding hydrogens is 412 g/mol. The van der Waals surface area contributed by atoms with Gasteiger partial charge in [0.15, 0.2) is 5.75 Å². The Kier molecular flexibility index (Phi) is 6.83. The van der Waals surface area contributed by atoms with Crippen LogP contribution in [0.1, 0.15) is 31.2 Å². The highest BCUT2D eigenvalue weighted by Gasteiger charge is 2.18. The molecular formula is C25H29ClN2O3. The lowest BCUT2D eigenvalue weighted by molar-refractivity contribution is 0.205. The molecule has 31 heavy (non-hydrogen) atoms. The number of methoxy groups -OCH3 is 1. The van der Waals surface area contributed by atoms with Gasteiger partial charge in [-0.05, 0) is 69.1 Å². The van der Waals surface area contributed by atoms with Crippen LogP contribution in [-0.2, 0) is 0 Å². The van der Waals surface area contributed by atoms with Crippen LogP contribution < -0.4 is 15.0 Å². The molecule has 1 aliphatic heterocycles. The maximum Gasteiger partial charge on any atom is 0.256 e. The number of aromatic amines is 1. The summed E-state index contributed by atoms with van der Waals surface area (Å²) in [6.45, 7) is 5.98. The van der Waals surface area contributed by atoms with E-state index >= 15 is 0 Å². The zero-order valence-electron chi connectivity index (χ0n) is 18.2. The maximum absolute atomic E-state index is 12.8. The van der Waals surface area contributed by atoms with Gasteiger partial charge < -0.3 is 19.4 Å². The van der Waals surface area contributed by atoms with Crippen LogP contribution in [0.15, 0.2) is 41.2 Å². The van der Waals surface area contributed by atoms with Gasteiger partial charge in [-0.2, -0.15) is 0 Å². The average Bonchev–Trinajstić information content (AvgIpc) is 2.78. The summed E-state index contributed by atoms with van der Waals surface area (Å²) in [5, 5.41) is 1.97. The second-order valence-corrected chi connectivity index (χ2v) is 8.52. The number of pyridine rings is 1. The van der Waals surface area contributed by atoms with E-state index in [9.17, 15) is 4.79 Å². The van der Waals surface area contributed by atoms with Gasteiger partial charge in [-0.1, -0.05) is 30.2 Å². The van der Waals surface area contributed by atoms with E-state index in [0.29, 0.717) is 34.2 Å². The molecule has 1 saturated heterocycles. The molecule has 0 bridgehead atoms. The number of rotatable bonds is 7. The van der Waals surface area contributed by atoms with Crippen molar-refractivity contribution in [3.05, 3.63) is 57.3 Å². The maximum atomic E-state index is 12.8. The molecule has 164 valence electrons. The Morgan fingerprint density at radius 3 is 2.68 bits per heavy atom. The molecule has 0 saturated carbocycles. The number of hydrogen-bond acceptors (Lipinski definition) is 4. The number of piperidine rings is 1. The number of likely N-dealkylation sites (tertiary alicyclic amines) is 1. The fraction of sp³-hybridized carbons (Fsp3) is 0.400. The van der Waals surface area contributed by atoms with Gasteiger partial charge in [0.25, 0.3) is 5.56 Å². The first-order chi connectivity index (χ1) is 15.1. The minimum absolute atomic E-state index is 0.138. The number of benzene rings is 2. The van der Waals surface area contributed by atoms with E-state index in [1.807, 2.05) is 31.2 Å². The predicted octanol–water partition coefficient (Wildman–Crippen LogP) is 5.42. The standard InChI is InChI=1S/C25H29ClN2O3/c1-17-8-6-9-19-22(17)24(31-15-7-14-28-12-4-3-5-13-28)23(27-25(19)29)18-10-11-21(30-2)20(26)16-18/h6,8-11,16H,3-5,7,12-15H2,1-2H3,(H,27,29). The molecule has 2 heterocycles. The molecule has 0 amide bonds. The lowest BCUT2D eigenvalue weighted by atomic mass is 10.0. The van der Waals surface area contributed by atoms with Gasteiger partial charge in [-0.3, -0.25) is 4.79 Å². The third-order valence-corrected chi connectivity index (χ3v) is 6.26. The molecule has 5 nitrogen and oxygen atoms in total. The van der Waals surface area contributed by atoms with Gasteiger partial charge >= 0.3 is 0 Å². The second kappa shape index (κ2) is 9.75. The van der Waals surface area contributed by atoms with Gasteiger partial charge in [0.2, 0.25) is 0 Å². The highest BCUT2D eigenvalue weighted by atomic mass is 35.5. The molecule has 0 atom stereocenters. The van der Waals surface area contributed by atoms with E-state index in [2.05, 4.69) is 9.88 Å². The quantitative estimate of drug-likeness (QED) is 0.498. The molecule has 2 aromatic carbocycles. The molecule has 0 unspecified atom stereocenters. The third kappa shape index (κ3) is 4.73. The van der Waals surface area contributed by atoms with Crippen molar-refractivity contribution in [1.29, 1.82) is 0 Å². The molecule has 1 aliphatic rings. The van der Waals surface area contributed by atoms with Crippen molar-refractivity contribution in [2.75, 3.05) is 33.4 Å². The van der Waals surface area contributed by atoms with Crippen LogP contribution in [0, 0.1) is 6.92 Å². The Morgan fingerprint density at radius 1 is 1.13 bits per heavy atom. The molecule has 6 heteroatoms. The summed E-state index contributed by atoms with van der Waals surface area (Å²) in [6, 6.07) is 11.2. The average molecular weight is 441 g/mol. The van der Waals surface area contributed by atoms with Gasteiger partial charge in [-0.15, -0.1) is 0 Å². The van der Waals surface area contributed by atoms with E-state index in [-0.39, 0.29) is 5.56 Å². The SMILES string of the molecule is COc1ccc(-c2[nH]c(=O)c3cccc(C)c3c2OCCCN2CCCCC2)cc1Cl. The van der Waals surface area contributed by atoms with Crippen molar-refractivity contribution in [3.63, 3.8) is 0 Å². The Hall–Kier alpha value is -2.50. The number of aromatic nitrogens is 1. The highest BCUT2D eigenvalue weighted by molar-refractivity contribution is 6.32. The number of halogens is 1. The molecule has 1 fully saturated rings. The van der Waals surface area contributed by atoms with E-state index in [1.54, 1.807) is 19.2 Å². The summed E-state index contributed by atoms with van der Waals surface area (Å²) in [6.07, 6.45) is 4.85. The van der Waals surface area contributed by atoms with Crippen molar-refractivity contribution in [1.82, 2.24) is 9.88 Å². The molecule has 0 spiro atoms. The van der Waals surface area contributed by atoms with Gasteiger partial charge in [0.1, 0.15) is 5.75 Å². The number of fused-ring (bicyclic) bond motifs is 1. The minimum Gasteiger partial charge on any atom is -0.495 e. The first-order valence-electron chi connectivity index (χ1n) is 10.9. The van der Waals surface area contributed by atoms with Crippen LogP contribution in [0.2, 0.25) is 5.02 Å². The van der Waals surface area contributed by atoms with Crippen molar-refractivity contribution in [3.8, 4) is 22.8 Å². The molecule has 4 rings (SSSR count). The Bertz CT molecular complexity index is 1120. The first-order valence-corrected chi connectivity index (χ1v) is 11.3. The van der Waals surface area contributed by atoms with Crippen LogP contribution in [0.25, 0.3) is 22.0 Å². The number of nitrogens with zero attached hydrogens (tertiary/aromatic N) is 1. The van der Waals surface area contributed by atoms with E-state index in [4.69, 9.17) is 21.1 Å². The molecule has 1 N–H and O–H groups in total. The van der Waals surface area contributed by atoms with E-state index in [0.717, 1.165) is 29.5 Å². The van der Waals surface area contributed by atoms with Gasteiger partial charge in [0.05, 0.1) is 29.8 Å². The number of ether oxygens (including phenoxy) is 2. The smallest absolute Gasteiger partial charge is 0.256 e. The van der Waals surface area contributed by atoms with Gasteiger partial charge in [-0.25, -0.2) is 0 Å². The number of hydrogen-bond donors (Lipinski definition) is 1. The van der Waals surface area contributed by atoms with Crippen LogP contribution in [0.5, 0.6) is 11.5 Å². The lowest BCUT2D eigenvalue weighted by Gasteiger charge is -2.26. The van der Waals surface area contributed by atoms with E-state index < -0.39 is 0 Å². The fourth-order valence-corrected chi connectivity index (χ4v) is 4.59. The minimum atomic E-state index is -0.138. The Morgan fingerprint density at radius 2 is 1.94 bits per heavy atom. The van der Waals surface area contributed by atoms with Gasteiger partial charge in [0, 0.05) is 17.5 Å². The van der Waals surface area contributed by atoms with Crippen LogP contribution in [0.4, 0.5) is 0 Å². The molecule has 1 aromatic heterocycles. The van der Waals surface area contributed by atoms with Crippen molar-refractivity contribution >= 4 is 22.4 Å². The number of H-pyrrole nitrogens is 1. The largest absolute Gasteiger partial charge is 0.495 e. The topological polar surface area (TPSA) is 54.6 Å². The van der Waals surface area contributed by atoms with E-state index in [1.165, 1.54) is 32.4 Å². The zero-order chi connectivity index (χ0) is 21.8. The monoisotopic (exact) mass is 440 g/mol. The summed E-state index contributed by atoms with van der Waals surface area (Å²) in [5.74, 6) is 1.29. The van der Waals surface area contributed by atoms with Crippen molar-refractivity contribution < 1.29 is 9.47 Å². The highest BCUT2D eigenvalue weighted by Crippen LogP contribution is 2.38. The van der Waals surface area contributed by atoms with Crippen molar-refractivity contribution in [2.24, 2.45) is 0 Å². The Labute approximate surface area is 187 Å². The fourth-order valence-electron chi connectivity index (χ4n) is 4.34. The lowest BCUT2D eigenvalue weighted by Crippen LogP contribution is -2.31. The Balaban J connectivity index is 1.68. The molecule has 3 aromatic rings. The normalized spacial score (nSPS) is 14.7. The predicted molar refractivity (Wildman–Crippen MR) is 127 cm³/mol. The van der Waals surface area contributed by atoms with Crippen LogP contribution in [-0.4, -0.2) is 43.2 Å². The third-order valence-electron chi connectivity index (χ3n) is 5.96. The van der Waals surface area contributed by atoms with Crippen molar-refractivity contribution in [2.45, 2.75) is 32.6 Å². The second-order valence-electron chi connectivity index (χ2n) is 8.11. The first kappa shape index (κ1) is 21.7. The summed E-state index contributed by atoms with van der Waals surface area (Å²) >= 11 is 6.37. The molecule has 0 aliphatic carbocycles. The number of nitrogens with one attached hydrogen (secondary N) is 1. The summed E-state index contributed by atoms with van der Waals surface area (Å²) in [4.78, 5) is 18.4. The molecule has 0 radical (unpaired) electrons. The van der Waals surface area contributed by atoms with Crippen LogP contribution in [0.3, 0.4) is 0 Å².